The van der Waals surface area contributed by atoms with Gasteiger partial charge in [-0.2, -0.15) is 9.61 Å². The van der Waals surface area contributed by atoms with Gasteiger partial charge in [0.1, 0.15) is 12.0 Å². The third-order valence-electron chi connectivity index (χ3n) is 6.74. The lowest BCUT2D eigenvalue weighted by molar-refractivity contribution is -0.140. The number of piperidine rings is 1. The lowest BCUT2D eigenvalue weighted by atomic mass is 9.89. The van der Waals surface area contributed by atoms with Crippen LogP contribution < -0.4 is 4.90 Å². The number of hydrogen-bond donors (Lipinski definition) is 0. The maximum atomic E-state index is 13.9. The largest absolute Gasteiger partial charge is 0.356 e. The van der Waals surface area contributed by atoms with E-state index < -0.39 is 11.4 Å². The van der Waals surface area contributed by atoms with Gasteiger partial charge >= 0.3 is 0 Å². The van der Waals surface area contributed by atoms with Crippen LogP contribution in [0.1, 0.15) is 37.3 Å². The highest BCUT2D eigenvalue weighted by atomic mass is 19.1. The lowest BCUT2D eigenvalue weighted by Crippen LogP contribution is -2.50. The van der Waals surface area contributed by atoms with Crippen molar-refractivity contribution in [2.24, 2.45) is 0 Å². The summed E-state index contributed by atoms with van der Waals surface area (Å²) in [6.45, 7) is 1.28. The van der Waals surface area contributed by atoms with Crippen molar-refractivity contribution in [1.29, 1.82) is 0 Å². The normalized spacial score (nSPS) is 25.4. The Bertz CT molecular complexity index is 1110. The van der Waals surface area contributed by atoms with E-state index in [4.69, 9.17) is 4.74 Å². The first-order valence-corrected chi connectivity index (χ1v) is 10.4. The number of ether oxygens (including phenoxy) is 1. The molecular weight excluding hydrogens is 385 g/mol. The van der Waals surface area contributed by atoms with E-state index in [1.165, 1.54) is 16.3 Å². The molecule has 1 amide bonds. The molecule has 0 N–H and O–H groups in total. The van der Waals surface area contributed by atoms with Crippen molar-refractivity contribution >= 4 is 17.4 Å². The molecule has 0 bridgehead atoms. The van der Waals surface area contributed by atoms with Gasteiger partial charge in [0.2, 0.25) is 0 Å². The Balaban J connectivity index is 1.23. The van der Waals surface area contributed by atoms with Crippen molar-refractivity contribution in [2.45, 2.75) is 43.6 Å². The first-order chi connectivity index (χ1) is 14.7. The minimum atomic E-state index is -0.754. The molecule has 7 nitrogen and oxygen atoms in total. The smallest absolute Gasteiger partial charge is 0.257 e. The monoisotopic (exact) mass is 407 g/mol. The molecular formula is C22H22FN5O2. The molecule has 3 saturated heterocycles. The van der Waals surface area contributed by atoms with E-state index in [1.54, 1.807) is 6.20 Å². The van der Waals surface area contributed by atoms with Crippen LogP contribution in [0.15, 0.2) is 48.8 Å². The average Bonchev–Trinajstić information content (AvgIpc) is 3.44. The first-order valence-electron chi connectivity index (χ1n) is 10.4. The summed E-state index contributed by atoms with van der Waals surface area (Å²) in [5.41, 5.74) is 0.634. The molecule has 2 atom stereocenters. The zero-order valence-electron chi connectivity index (χ0n) is 16.4. The summed E-state index contributed by atoms with van der Waals surface area (Å²) in [7, 11) is 0. The van der Waals surface area contributed by atoms with Crippen LogP contribution in [0.4, 0.5) is 10.2 Å². The summed E-state index contributed by atoms with van der Waals surface area (Å²) in [4.78, 5) is 21.7. The van der Waals surface area contributed by atoms with E-state index >= 15 is 0 Å². The van der Waals surface area contributed by atoms with E-state index in [1.807, 2.05) is 29.2 Å². The number of anilines is 1. The van der Waals surface area contributed by atoms with Crippen LogP contribution in [0.25, 0.3) is 5.65 Å². The van der Waals surface area contributed by atoms with Gasteiger partial charge in [0.15, 0.2) is 17.1 Å². The predicted octanol–water partition coefficient (Wildman–Crippen LogP) is 2.93. The van der Waals surface area contributed by atoms with E-state index in [9.17, 15) is 9.18 Å². The summed E-state index contributed by atoms with van der Waals surface area (Å²) in [6, 6.07) is 12.1. The molecule has 8 heteroatoms. The number of fused-ring (bicyclic) bond motifs is 2. The van der Waals surface area contributed by atoms with Crippen LogP contribution in [0.3, 0.4) is 0 Å². The number of carbonyl (C=O) groups excluding carboxylic acids is 1. The van der Waals surface area contributed by atoms with Crippen molar-refractivity contribution in [3.8, 4) is 0 Å². The third-order valence-corrected chi connectivity index (χ3v) is 6.74. The van der Waals surface area contributed by atoms with Crippen molar-refractivity contribution < 1.29 is 13.9 Å². The summed E-state index contributed by atoms with van der Waals surface area (Å²) in [5.74, 6) is 0.461. The molecule has 2 unspecified atom stereocenters. The SMILES string of the molecule is O=C1N2C(CCC2c2ccccc2)OC12CCN(c1ccnc3c(F)cnn13)CC2. The van der Waals surface area contributed by atoms with Crippen molar-refractivity contribution in [1.82, 2.24) is 19.5 Å². The fourth-order valence-electron chi connectivity index (χ4n) is 5.24. The van der Waals surface area contributed by atoms with Gasteiger partial charge in [-0.25, -0.2) is 9.37 Å². The zero-order chi connectivity index (χ0) is 20.3. The van der Waals surface area contributed by atoms with Crippen molar-refractivity contribution in [3.05, 3.63) is 60.2 Å². The molecule has 30 heavy (non-hydrogen) atoms. The second kappa shape index (κ2) is 6.50. The fourth-order valence-corrected chi connectivity index (χ4v) is 5.24. The van der Waals surface area contributed by atoms with Gasteiger partial charge < -0.3 is 14.5 Å². The molecule has 6 rings (SSSR count). The Morgan fingerprint density at radius 3 is 2.70 bits per heavy atom. The summed E-state index contributed by atoms with van der Waals surface area (Å²) < 4.78 is 21.8. The van der Waals surface area contributed by atoms with E-state index in [2.05, 4.69) is 27.1 Å². The average molecular weight is 407 g/mol. The van der Waals surface area contributed by atoms with Crippen LogP contribution in [0.5, 0.6) is 0 Å². The number of hydrogen-bond acceptors (Lipinski definition) is 5. The minimum Gasteiger partial charge on any atom is -0.356 e. The predicted molar refractivity (Wildman–Crippen MR) is 107 cm³/mol. The molecule has 5 heterocycles. The molecule has 3 aromatic rings. The standard InChI is InChI=1S/C22H22FN5O2/c23-16-14-25-28-18(8-11-24-20(16)28)26-12-9-22(10-13-26)21(29)27-17(6-7-19(27)30-22)15-4-2-1-3-5-15/h1-5,8,11,14,17,19H,6-7,9-10,12-13H2. The maximum Gasteiger partial charge on any atom is 0.257 e. The molecule has 0 radical (unpaired) electrons. The highest BCUT2D eigenvalue weighted by Gasteiger charge is 2.58. The number of benzene rings is 1. The Hall–Kier alpha value is -3.00. The Kier molecular flexibility index (Phi) is 3.86. The molecule has 0 aliphatic carbocycles. The Morgan fingerprint density at radius 2 is 1.90 bits per heavy atom. The van der Waals surface area contributed by atoms with E-state index in [-0.39, 0.29) is 23.8 Å². The van der Waals surface area contributed by atoms with Gasteiger partial charge in [0.05, 0.1) is 12.2 Å². The summed E-state index contributed by atoms with van der Waals surface area (Å²) in [5, 5.41) is 4.12. The van der Waals surface area contributed by atoms with E-state index in [0.29, 0.717) is 25.9 Å². The van der Waals surface area contributed by atoms with Gasteiger partial charge in [-0.15, -0.1) is 0 Å². The lowest BCUT2D eigenvalue weighted by Gasteiger charge is -2.38. The van der Waals surface area contributed by atoms with Gasteiger partial charge in [0, 0.05) is 32.1 Å². The number of aromatic nitrogens is 3. The van der Waals surface area contributed by atoms with Crippen molar-refractivity contribution in [2.75, 3.05) is 18.0 Å². The number of halogens is 1. The molecule has 0 saturated carbocycles. The molecule has 1 aromatic carbocycles. The summed E-state index contributed by atoms with van der Waals surface area (Å²) in [6.07, 6.45) is 5.65. The quantitative estimate of drug-likeness (QED) is 0.654. The van der Waals surface area contributed by atoms with Crippen molar-refractivity contribution in [3.63, 3.8) is 0 Å². The molecule has 3 aliphatic heterocycles. The highest BCUT2D eigenvalue weighted by molar-refractivity contribution is 5.88. The van der Waals surface area contributed by atoms with Gasteiger partial charge in [-0.3, -0.25) is 4.79 Å². The molecule has 2 aromatic heterocycles. The minimum absolute atomic E-state index is 0.0907. The van der Waals surface area contributed by atoms with Gasteiger partial charge in [-0.1, -0.05) is 30.3 Å². The molecule has 3 aliphatic rings. The molecule has 154 valence electrons. The number of carbonyl (C=O) groups is 1. The van der Waals surface area contributed by atoms with Crippen LogP contribution in [0, 0.1) is 5.82 Å². The number of amides is 1. The number of rotatable bonds is 2. The van der Waals surface area contributed by atoms with Gasteiger partial charge in [-0.05, 0) is 24.5 Å². The zero-order valence-corrected chi connectivity index (χ0v) is 16.4. The van der Waals surface area contributed by atoms with Crippen LogP contribution in [0.2, 0.25) is 0 Å². The number of nitrogens with zero attached hydrogens (tertiary/aromatic N) is 5. The van der Waals surface area contributed by atoms with Crippen LogP contribution >= 0.6 is 0 Å². The highest BCUT2D eigenvalue weighted by Crippen LogP contribution is 2.47. The van der Waals surface area contributed by atoms with Gasteiger partial charge in [0.25, 0.3) is 5.91 Å². The van der Waals surface area contributed by atoms with E-state index in [0.717, 1.165) is 18.7 Å². The fraction of sp³-hybridized carbons (Fsp3) is 0.409. The van der Waals surface area contributed by atoms with Crippen LogP contribution in [-0.2, 0) is 9.53 Å². The maximum absolute atomic E-state index is 13.9. The Morgan fingerprint density at radius 1 is 1.10 bits per heavy atom. The topological polar surface area (TPSA) is 63.0 Å². The van der Waals surface area contributed by atoms with Crippen LogP contribution in [-0.4, -0.2) is 50.3 Å². The third kappa shape index (κ3) is 2.49. The molecule has 1 spiro atoms. The molecule has 3 fully saturated rings. The Labute approximate surface area is 173 Å². The first kappa shape index (κ1) is 17.8. The second-order valence-corrected chi connectivity index (χ2v) is 8.30. The summed E-state index contributed by atoms with van der Waals surface area (Å²) >= 11 is 0. The second-order valence-electron chi connectivity index (χ2n) is 8.30.